The molecule has 1 amide bonds. The van der Waals surface area contributed by atoms with Gasteiger partial charge in [-0.2, -0.15) is 0 Å². The molecule has 0 fully saturated rings. The first kappa shape index (κ1) is 14.5. The summed E-state index contributed by atoms with van der Waals surface area (Å²) in [7, 11) is 1.28. The molecule has 1 unspecified atom stereocenters. The number of hydrogen-bond donors (Lipinski definition) is 2. The number of aliphatic carboxylic acids is 1. The summed E-state index contributed by atoms with van der Waals surface area (Å²) in [6.45, 7) is -0.0743. The van der Waals surface area contributed by atoms with Crippen molar-refractivity contribution in [2.45, 2.75) is 12.5 Å². The molecule has 0 heterocycles. The van der Waals surface area contributed by atoms with Gasteiger partial charge < -0.3 is 15.2 Å². The van der Waals surface area contributed by atoms with Gasteiger partial charge in [0.15, 0.2) is 6.10 Å². The Hall–Kier alpha value is -1.59. The van der Waals surface area contributed by atoms with Crippen LogP contribution in [0.5, 0.6) is 0 Å². The van der Waals surface area contributed by atoms with E-state index in [-0.39, 0.29) is 18.9 Å². The van der Waals surface area contributed by atoms with E-state index in [4.69, 9.17) is 21.4 Å². The van der Waals surface area contributed by atoms with Crippen molar-refractivity contribution in [1.29, 1.82) is 0 Å². The number of carboxylic acid groups (broad SMARTS) is 1. The Morgan fingerprint density at radius 2 is 2.11 bits per heavy atom. The number of nitrogens with one attached hydrogen (secondary N) is 1. The zero-order chi connectivity index (χ0) is 13.5. The van der Waals surface area contributed by atoms with Crippen molar-refractivity contribution in [3.8, 4) is 0 Å². The summed E-state index contributed by atoms with van der Waals surface area (Å²) < 4.78 is 4.70. The number of methoxy groups -OCH3 is 1. The van der Waals surface area contributed by atoms with E-state index in [9.17, 15) is 9.59 Å². The van der Waals surface area contributed by atoms with Gasteiger partial charge in [-0.1, -0.05) is 29.8 Å². The smallest absolute Gasteiger partial charge is 0.334 e. The highest BCUT2D eigenvalue weighted by Gasteiger charge is 2.17. The summed E-state index contributed by atoms with van der Waals surface area (Å²) in [5, 5.41) is 11.7. The van der Waals surface area contributed by atoms with Crippen LogP contribution in [-0.4, -0.2) is 36.7 Å². The Kier molecular flexibility index (Phi) is 5.61. The normalized spacial score (nSPS) is 11.9. The van der Waals surface area contributed by atoms with Gasteiger partial charge in [0, 0.05) is 12.1 Å². The number of rotatable bonds is 6. The molecule has 2 N–H and O–H groups in total. The van der Waals surface area contributed by atoms with Gasteiger partial charge in [0.1, 0.15) is 0 Å². The first-order chi connectivity index (χ1) is 8.54. The summed E-state index contributed by atoms with van der Waals surface area (Å²) in [4.78, 5) is 22.2. The fraction of sp³-hybridized carbons (Fsp3) is 0.333. The van der Waals surface area contributed by atoms with Crippen LogP contribution in [-0.2, 0) is 20.7 Å². The van der Waals surface area contributed by atoms with Crippen LogP contribution in [0.4, 0.5) is 0 Å². The van der Waals surface area contributed by atoms with Crippen molar-refractivity contribution in [1.82, 2.24) is 5.32 Å². The van der Waals surface area contributed by atoms with Gasteiger partial charge in [-0.05, 0) is 11.6 Å². The Morgan fingerprint density at radius 3 is 2.67 bits per heavy atom. The van der Waals surface area contributed by atoms with Crippen molar-refractivity contribution in [2.24, 2.45) is 0 Å². The van der Waals surface area contributed by atoms with Crippen molar-refractivity contribution < 1.29 is 19.4 Å². The van der Waals surface area contributed by atoms with Crippen molar-refractivity contribution in [2.75, 3.05) is 13.7 Å². The van der Waals surface area contributed by atoms with E-state index in [2.05, 4.69) is 5.32 Å². The van der Waals surface area contributed by atoms with Crippen molar-refractivity contribution >= 4 is 23.5 Å². The highest BCUT2D eigenvalue weighted by atomic mass is 35.5. The molecular weight excluding hydrogens is 258 g/mol. The van der Waals surface area contributed by atoms with Crippen molar-refractivity contribution in [3.05, 3.63) is 34.9 Å². The molecule has 0 saturated carbocycles. The van der Waals surface area contributed by atoms with E-state index >= 15 is 0 Å². The molecule has 1 aromatic rings. The standard InChI is InChI=1S/C12H14ClNO4/c1-18-10(12(16)17)7-14-11(15)6-8-4-2-3-5-9(8)13/h2-5,10H,6-7H2,1H3,(H,14,15)(H,16,17). The van der Waals surface area contributed by atoms with Crippen molar-refractivity contribution in [3.63, 3.8) is 0 Å². The largest absolute Gasteiger partial charge is 0.479 e. The second-order valence-electron chi connectivity index (χ2n) is 3.63. The zero-order valence-corrected chi connectivity index (χ0v) is 10.6. The molecule has 6 heteroatoms. The highest BCUT2D eigenvalue weighted by Crippen LogP contribution is 2.15. The molecule has 5 nitrogen and oxygen atoms in total. The molecule has 1 atom stereocenters. The number of hydrogen-bond acceptors (Lipinski definition) is 3. The van der Waals surface area contributed by atoms with E-state index in [1.165, 1.54) is 7.11 Å². The van der Waals surface area contributed by atoms with Crippen LogP contribution in [0, 0.1) is 0 Å². The van der Waals surface area contributed by atoms with E-state index in [1.54, 1.807) is 24.3 Å². The van der Waals surface area contributed by atoms with Crippen LogP contribution in [0.1, 0.15) is 5.56 Å². The second kappa shape index (κ2) is 6.98. The van der Waals surface area contributed by atoms with Crippen LogP contribution in [0.25, 0.3) is 0 Å². The molecule has 0 spiro atoms. The van der Waals surface area contributed by atoms with E-state index < -0.39 is 12.1 Å². The summed E-state index contributed by atoms with van der Waals surface area (Å²) >= 11 is 5.91. The molecule has 98 valence electrons. The minimum atomic E-state index is -1.12. The average molecular weight is 272 g/mol. The van der Waals surface area contributed by atoms with Crippen LogP contribution in [0.3, 0.4) is 0 Å². The number of carboxylic acids is 1. The molecular formula is C12H14ClNO4. The van der Waals surface area contributed by atoms with Crippen LogP contribution in [0.15, 0.2) is 24.3 Å². The minimum absolute atomic E-state index is 0.0743. The second-order valence-corrected chi connectivity index (χ2v) is 4.04. The van der Waals surface area contributed by atoms with Gasteiger partial charge in [-0.25, -0.2) is 4.79 Å². The monoisotopic (exact) mass is 271 g/mol. The molecule has 1 aromatic carbocycles. The highest BCUT2D eigenvalue weighted by molar-refractivity contribution is 6.31. The third-order valence-corrected chi connectivity index (χ3v) is 2.72. The zero-order valence-electron chi connectivity index (χ0n) is 9.85. The lowest BCUT2D eigenvalue weighted by Gasteiger charge is -2.11. The third kappa shape index (κ3) is 4.35. The molecule has 0 aliphatic rings. The number of halogens is 1. The number of carbonyl (C=O) groups excluding carboxylic acids is 1. The third-order valence-electron chi connectivity index (χ3n) is 2.35. The first-order valence-electron chi connectivity index (χ1n) is 5.30. The Bertz CT molecular complexity index is 436. The maximum absolute atomic E-state index is 11.6. The molecule has 0 aliphatic heterocycles. The molecule has 1 rings (SSSR count). The Morgan fingerprint density at radius 1 is 1.44 bits per heavy atom. The Balaban J connectivity index is 2.48. The average Bonchev–Trinajstić information content (AvgIpc) is 2.32. The number of amides is 1. The van der Waals surface area contributed by atoms with Gasteiger partial charge in [0.05, 0.1) is 13.0 Å². The number of carbonyl (C=O) groups is 2. The van der Waals surface area contributed by atoms with Crippen LogP contribution >= 0.6 is 11.6 Å². The fourth-order valence-corrected chi connectivity index (χ4v) is 1.56. The summed E-state index contributed by atoms with van der Waals surface area (Å²) in [6, 6.07) is 6.99. The van der Waals surface area contributed by atoms with Crippen LogP contribution in [0.2, 0.25) is 5.02 Å². The van der Waals surface area contributed by atoms with Gasteiger partial charge in [-0.3, -0.25) is 4.79 Å². The van der Waals surface area contributed by atoms with Gasteiger partial charge in [0.25, 0.3) is 0 Å². The summed E-state index contributed by atoms with van der Waals surface area (Å²) in [5.74, 6) is -1.41. The molecule has 0 aromatic heterocycles. The van der Waals surface area contributed by atoms with E-state index in [1.807, 2.05) is 0 Å². The molecule has 0 radical (unpaired) electrons. The predicted molar refractivity (Wildman–Crippen MR) is 66.6 cm³/mol. The lowest BCUT2D eigenvalue weighted by molar-refractivity contribution is -0.148. The maximum Gasteiger partial charge on any atom is 0.334 e. The van der Waals surface area contributed by atoms with Gasteiger partial charge in [0.2, 0.25) is 5.91 Å². The fourth-order valence-electron chi connectivity index (χ4n) is 1.36. The van der Waals surface area contributed by atoms with Gasteiger partial charge in [-0.15, -0.1) is 0 Å². The number of benzene rings is 1. The number of ether oxygens (including phenoxy) is 1. The SMILES string of the molecule is COC(CNC(=O)Cc1ccccc1Cl)C(=O)O. The van der Waals surface area contributed by atoms with E-state index in [0.29, 0.717) is 10.6 Å². The minimum Gasteiger partial charge on any atom is -0.479 e. The van der Waals surface area contributed by atoms with Crippen LogP contribution < -0.4 is 5.32 Å². The summed E-state index contributed by atoms with van der Waals surface area (Å²) in [5.41, 5.74) is 0.695. The maximum atomic E-state index is 11.6. The first-order valence-corrected chi connectivity index (χ1v) is 5.68. The molecule has 18 heavy (non-hydrogen) atoms. The lowest BCUT2D eigenvalue weighted by atomic mass is 10.1. The topological polar surface area (TPSA) is 75.6 Å². The van der Waals surface area contributed by atoms with E-state index in [0.717, 1.165) is 0 Å². The van der Waals surface area contributed by atoms with Gasteiger partial charge >= 0.3 is 5.97 Å². The molecule has 0 aliphatic carbocycles. The predicted octanol–water partition coefficient (Wildman–Crippen LogP) is 1.10. The molecule has 0 bridgehead atoms. The molecule has 0 saturated heterocycles. The lowest BCUT2D eigenvalue weighted by Crippen LogP contribution is -2.38. The summed E-state index contributed by atoms with van der Waals surface area (Å²) in [6.07, 6.45) is -0.935. The Labute approximate surface area is 110 Å². The quantitative estimate of drug-likeness (QED) is 0.812.